The van der Waals surface area contributed by atoms with E-state index in [4.69, 9.17) is 14.2 Å². The van der Waals surface area contributed by atoms with Crippen LogP contribution in [0.25, 0.3) is 0 Å². The Hall–Kier alpha value is -2.86. The highest BCUT2D eigenvalue weighted by atomic mass is 32.2. The fourth-order valence-electron chi connectivity index (χ4n) is 5.54. The van der Waals surface area contributed by atoms with Gasteiger partial charge in [0.2, 0.25) is 0 Å². The highest BCUT2D eigenvalue weighted by Crippen LogP contribution is 2.31. The lowest BCUT2D eigenvalue weighted by molar-refractivity contribution is -0.0172. The van der Waals surface area contributed by atoms with E-state index in [1.807, 2.05) is 13.8 Å². The minimum Gasteiger partial charge on any atom is -0.497 e. The number of carbonyl (C=O) groups excluding carboxylic acids is 1. The van der Waals surface area contributed by atoms with E-state index >= 15 is 0 Å². The van der Waals surface area contributed by atoms with E-state index in [9.17, 15) is 18.3 Å². The molecule has 0 spiro atoms. The van der Waals surface area contributed by atoms with Crippen molar-refractivity contribution < 1.29 is 32.5 Å². The van der Waals surface area contributed by atoms with Crippen LogP contribution in [0.5, 0.6) is 11.5 Å². The third-order valence-electron chi connectivity index (χ3n) is 8.43. The molecule has 4 rings (SSSR count). The average molecular weight is 632 g/mol. The lowest BCUT2D eigenvalue weighted by Crippen LogP contribution is -2.47. The number of carbonyl (C=O) groups is 1. The summed E-state index contributed by atoms with van der Waals surface area (Å²) in [5.74, 6) is 1.33. The summed E-state index contributed by atoms with van der Waals surface area (Å²) in [5.41, 5.74) is 0.470. The molecule has 244 valence electrons. The highest BCUT2D eigenvalue weighted by Gasteiger charge is 2.31. The molecule has 0 saturated heterocycles. The number of methoxy groups -OCH3 is 1. The van der Waals surface area contributed by atoms with Crippen molar-refractivity contribution in [3.63, 3.8) is 0 Å². The van der Waals surface area contributed by atoms with Gasteiger partial charge < -0.3 is 29.1 Å². The third kappa shape index (κ3) is 9.32. The molecule has 0 bridgehead atoms. The Morgan fingerprint density at radius 1 is 1.09 bits per heavy atom. The number of anilines is 1. The van der Waals surface area contributed by atoms with Crippen molar-refractivity contribution in [2.45, 2.75) is 76.0 Å². The van der Waals surface area contributed by atoms with Crippen LogP contribution in [-0.4, -0.2) is 94.5 Å². The summed E-state index contributed by atoms with van der Waals surface area (Å²) in [5, 5.41) is 10.2. The topological polar surface area (TPSA) is 118 Å². The number of hydrogen-bond acceptors (Lipinski definition) is 8. The van der Waals surface area contributed by atoms with E-state index in [1.54, 1.807) is 29.2 Å². The van der Waals surface area contributed by atoms with Crippen LogP contribution in [0.1, 0.15) is 63.2 Å². The van der Waals surface area contributed by atoms with Crippen LogP contribution in [0, 0.1) is 11.8 Å². The number of benzene rings is 2. The Morgan fingerprint density at radius 3 is 2.48 bits per heavy atom. The molecular weight excluding hydrogens is 582 g/mol. The smallest absolute Gasteiger partial charge is 0.261 e. The average Bonchev–Trinajstić information content (AvgIpc) is 3.82. The minimum absolute atomic E-state index is 0.0161. The van der Waals surface area contributed by atoms with Crippen molar-refractivity contribution in [2.75, 3.05) is 51.7 Å². The number of ether oxygens (including phenoxy) is 3. The number of fused-ring (bicyclic) bond motifs is 1. The zero-order valence-corrected chi connectivity index (χ0v) is 27.5. The molecule has 1 amide bonds. The lowest BCUT2D eigenvalue weighted by Gasteiger charge is -2.36. The monoisotopic (exact) mass is 631 g/mol. The number of hydrogen-bond donors (Lipinski definition) is 2. The van der Waals surface area contributed by atoms with Gasteiger partial charge in [-0.2, -0.15) is 0 Å². The molecule has 4 atom stereocenters. The fraction of sp³-hybridized carbons (Fsp3) is 0.606. The van der Waals surface area contributed by atoms with E-state index in [0.717, 1.165) is 38.3 Å². The summed E-state index contributed by atoms with van der Waals surface area (Å²) in [4.78, 5) is 18.3. The molecule has 0 radical (unpaired) electrons. The molecule has 11 heteroatoms. The van der Waals surface area contributed by atoms with Crippen molar-refractivity contribution in [3.05, 3.63) is 48.0 Å². The van der Waals surface area contributed by atoms with Gasteiger partial charge in [0.25, 0.3) is 15.9 Å². The molecular formula is C33H49N3O7S. The molecule has 2 aromatic carbocycles. The summed E-state index contributed by atoms with van der Waals surface area (Å²) in [7, 11) is -0.300. The third-order valence-corrected chi connectivity index (χ3v) is 9.83. The quantitative estimate of drug-likeness (QED) is 0.390. The number of aliphatic hydroxyl groups is 1. The molecule has 1 aliphatic heterocycles. The first-order valence-electron chi connectivity index (χ1n) is 15.7. The summed E-state index contributed by atoms with van der Waals surface area (Å²) in [6, 6.07) is 10.4. The predicted octanol–water partition coefficient (Wildman–Crippen LogP) is 4.63. The Morgan fingerprint density at radius 2 is 1.82 bits per heavy atom. The zero-order valence-electron chi connectivity index (χ0n) is 26.7. The first-order chi connectivity index (χ1) is 21.0. The molecule has 1 aliphatic carbocycles. The Kier molecular flexibility index (Phi) is 11.9. The number of nitrogens with zero attached hydrogens (tertiary/aromatic N) is 2. The number of likely N-dealkylation sites (N-methyl/N-ethyl adjacent to an activating group) is 1. The fourth-order valence-corrected chi connectivity index (χ4v) is 6.59. The zero-order chi connectivity index (χ0) is 31.9. The summed E-state index contributed by atoms with van der Waals surface area (Å²) < 4.78 is 46.9. The van der Waals surface area contributed by atoms with Crippen LogP contribution in [0.3, 0.4) is 0 Å². The van der Waals surface area contributed by atoms with E-state index < -0.39 is 16.1 Å². The normalized spacial score (nSPS) is 22.9. The van der Waals surface area contributed by atoms with Gasteiger partial charge in [0.15, 0.2) is 0 Å². The first kappa shape index (κ1) is 34.0. The van der Waals surface area contributed by atoms with E-state index in [-0.39, 0.29) is 46.8 Å². The van der Waals surface area contributed by atoms with Crippen LogP contribution < -0.4 is 14.2 Å². The van der Waals surface area contributed by atoms with E-state index in [2.05, 4.69) is 23.6 Å². The summed E-state index contributed by atoms with van der Waals surface area (Å²) in [6.45, 7) is 8.44. The Balaban J connectivity index is 1.65. The van der Waals surface area contributed by atoms with Gasteiger partial charge in [0, 0.05) is 37.8 Å². The van der Waals surface area contributed by atoms with Gasteiger partial charge in [-0.1, -0.05) is 6.92 Å². The van der Waals surface area contributed by atoms with Crippen LogP contribution >= 0.6 is 0 Å². The standard InChI is InChI=1S/C33H49N3O7S/c1-23-19-36(24(2)22-37)33(38)30-18-27(34-44(39,40)29-14-12-28(41-5)13-15-29)11-16-31(30)43-25(3)8-6-7-17-42-32(23)21-35(4)20-26-9-10-26/h11-16,18,23-26,32,34,37H,6-10,17,19-22H2,1-5H3/t23-,24+,25-,32-/m0/s1. The molecule has 0 aromatic heterocycles. The molecule has 2 N–H and O–H groups in total. The molecule has 0 unspecified atom stereocenters. The second-order valence-electron chi connectivity index (χ2n) is 12.5. The van der Waals surface area contributed by atoms with E-state index in [1.165, 1.54) is 38.2 Å². The van der Waals surface area contributed by atoms with Crippen LogP contribution in [0.2, 0.25) is 0 Å². The van der Waals surface area contributed by atoms with E-state index in [0.29, 0.717) is 24.7 Å². The van der Waals surface area contributed by atoms with Crippen molar-refractivity contribution >= 4 is 21.6 Å². The van der Waals surface area contributed by atoms with Crippen LogP contribution in [0.4, 0.5) is 5.69 Å². The molecule has 44 heavy (non-hydrogen) atoms. The minimum atomic E-state index is -3.94. The van der Waals surface area contributed by atoms with Crippen LogP contribution in [0.15, 0.2) is 47.4 Å². The largest absolute Gasteiger partial charge is 0.497 e. The van der Waals surface area contributed by atoms with Crippen LogP contribution in [-0.2, 0) is 14.8 Å². The van der Waals surface area contributed by atoms with Crippen molar-refractivity contribution in [3.8, 4) is 11.5 Å². The molecule has 1 fully saturated rings. The SMILES string of the molecule is COc1ccc(S(=O)(=O)Nc2ccc3c(c2)C(=O)N([C@H](C)CO)C[C@H](C)[C@H](CN(C)CC2CC2)OCCCC[C@H](C)O3)cc1. The lowest BCUT2D eigenvalue weighted by atomic mass is 10.0. The summed E-state index contributed by atoms with van der Waals surface area (Å²) >= 11 is 0. The number of aliphatic hydroxyl groups excluding tert-OH is 1. The Bertz CT molecular complexity index is 1330. The molecule has 1 heterocycles. The first-order valence-corrected chi connectivity index (χ1v) is 17.2. The molecule has 10 nitrogen and oxygen atoms in total. The number of nitrogens with one attached hydrogen (secondary N) is 1. The van der Waals surface area contributed by atoms with Gasteiger partial charge in [0.05, 0.1) is 42.4 Å². The van der Waals surface area contributed by atoms with Gasteiger partial charge in [0.1, 0.15) is 11.5 Å². The highest BCUT2D eigenvalue weighted by molar-refractivity contribution is 7.92. The Labute approximate surface area is 262 Å². The number of amides is 1. The van der Waals surface area contributed by atoms with Gasteiger partial charge in [-0.3, -0.25) is 9.52 Å². The number of sulfonamides is 1. The second-order valence-corrected chi connectivity index (χ2v) is 14.1. The molecule has 2 aliphatic rings. The predicted molar refractivity (Wildman–Crippen MR) is 171 cm³/mol. The maximum absolute atomic E-state index is 14.3. The van der Waals surface area contributed by atoms with Crippen molar-refractivity contribution in [2.24, 2.45) is 11.8 Å². The van der Waals surface area contributed by atoms with Gasteiger partial charge >= 0.3 is 0 Å². The molecule has 1 saturated carbocycles. The maximum atomic E-state index is 14.3. The van der Waals surface area contributed by atoms with Crippen molar-refractivity contribution in [1.82, 2.24) is 9.80 Å². The number of rotatable bonds is 10. The van der Waals surface area contributed by atoms with Gasteiger partial charge in [-0.05, 0) is 101 Å². The van der Waals surface area contributed by atoms with Gasteiger partial charge in [-0.15, -0.1) is 0 Å². The molecule has 2 aromatic rings. The maximum Gasteiger partial charge on any atom is 0.261 e. The summed E-state index contributed by atoms with van der Waals surface area (Å²) in [6.07, 6.45) is 4.89. The van der Waals surface area contributed by atoms with Crippen molar-refractivity contribution in [1.29, 1.82) is 0 Å². The second kappa shape index (κ2) is 15.4. The van der Waals surface area contributed by atoms with Gasteiger partial charge in [-0.25, -0.2) is 8.42 Å².